The maximum atomic E-state index is 12.5. The van der Waals surface area contributed by atoms with E-state index in [2.05, 4.69) is 10.6 Å². The quantitative estimate of drug-likeness (QED) is 0.761. The van der Waals surface area contributed by atoms with Crippen molar-refractivity contribution in [2.45, 2.75) is 19.5 Å². The predicted molar refractivity (Wildman–Crippen MR) is 93.7 cm³/mol. The van der Waals surface area contributed by atoms with E-state index in [-0.39, 0.29) is 11.3 Å². The molecule has 2 heterocycles. The van der Waals surface area contributed by atoms with Crippen molar-refractivity contribution in [2.75, 3.05) is 18.4 Å². The molecular formula is C18H20F3N3O3. The third-order valence-corrected chi connectivity index (χ3v) is 4.19. The minimum Gasteiger partial charge on any atom is -0.475 e. The van der Waals surface area contributed by atoms with Crippen LogP contribution in [0.5, 0.6) is 0 Å². The van der Waals surface area contributed by atoms with Crippen LogP contribution in [0.15, 0.2) is 48.8 Å². The van der Waals surface area contributed by atoms with E-state index in [1.165, 1.54) is 0 Å². The molecule has 0 saturated carbocycles. The largest absolute Gasteiger partial charge is 0.490 e. The molecule has 1 unspecified atom stereocenters. The number of carbonyl (C=O) groups excluding carboxylic acids is 1. The van der Waals surface area contributed by atoms with Crippen LogP contribution >= 0.6 is 0 Å². The van der Waals surface area contributed by atoms with Crippen molar-refractivity contribution in [1.29, 1.82) is 0 Å². The van der Waals surface area contributed by atoms with Crippen molar-refractivity contribution < 1.29 is 27.9 Å². The summed E-state index contributed by atoms with van der Waals surface area (Å²) in [5, 5.41) is 13.5. The summed E-state index contributed by atoms with van der Waals surface area (Å²) in [4.78, 5) is 21.4. The van der Waals surface area contributed by atoms with Gasteiger partial charge in [0.15, 0.2) is 0 Å². The third-order valence-electron chi connectivity index (χ3n) is 4.19. The van der Waals surface area contributed by atoms with Crippen LogP contribution in [0.4, 0.5) is 18.9 Å². The van der Waals surface area contributed by atoms with Gasteiger partial charge in [0.05, 0.1) is 16.8 Å². The Morgan fingerprint density at radius 2 is 1.78 bits per heavy atom. The molecule has 27 heavy (non-hydrogen) atoms. The first-order valence-electron chi connectivity index (χ1n) is 8.18. The van der Waals surface area contributed by atoms with Crippen molar-refractivity contribution in [3.63, 3.8) is 0 Å². The van der Waals surface area contributed by atoms with E-state index in [4.69, 9.17) is 9.90 Å². The average Bonchev–Trinajstić information content (AvgIpc) is 3.27. The molecule has 1 amide bonds. The lowest BCUT2D eigenvalue weighted by Gasteiger charge is -2.22. The van der Waals surface area contributed by atoms with Gasteiger partial charge in [0, 0.05) is 18.9 Å². The zero-order valence-electron chi connectivity index (χ0n) is 14.6. The van der Waals surface area contributed by atoms with E-state index in [1.807, 2.05) is 60.3 Å². The number of carbonyl (C=O) groups is 2. The number of aliphatic carboxylic acids is 1. The van der Waals surface area contributed by atoms with Gasteiger partial charge in [0.2, 0.25) is 5.91 Å². The lowest BCUT2D eigenvalue weighted by Crippen LogP contribution is -2.35. The van der Waals surface area contributed by atoms with Crippen LogP contribution in [0.25, 0.3) is 5.69 Å². The van der Waals surface area contributed by atoms with Gasteiger partial charge in [-0.2, -0.15) is 13.2 Å². The summed E-state index contributed by atoms with van der Waals surface area (Å²) >= 11 is 0. The maximum absolute atomic E-state index is 12.5. The van der Waals surface area contributed by atoms with E-state index < -0.39 is 12.1 Å². The standard InChI is InChI=1S/C16H19N3O.C2HF3O2/c1-16(8-9-17-12-16)15(20)18-13-6-2-3-7-14(13)19-10-4-5-11-19;3-2(4,5)1(6)7/h2-7,10-11,17H,8-9,12H2,1H3,(H,18,20);(H,6,7). The first-order valence-corrected chi connectivity index (χ1v) is 8.18. The molecule has 3 N–H and O–H groups in total. The SMILES string of the molecule is CC1(C(=O)Nc2ccccc2-n2cccc2)CCNC1.O=C(O)C(F)(F)F. The number of nitrogens with one attached hydrogen (secondary N) is 2. The molecule has 9 heteroatoms. The number of anilines is 1. The van der Waals surface area contributed by atoms with Crippen LogP contribution in [0.2, 0.25) is 0 Å². The molecule has 1 saturated heterocycles. The number of hydrogen-bond donors (Lipinski definition) is 3. The normalized spacial score (nSPS) is 19.1. The number of carboxylic acid groups (broad SMARTS) is 1. The van der Waals surface area contributed by atoms with Crippen LogP contribution in [0.1, 0.15) is 13.3 Å². The topological polar surface area (TPSA) is 83.4 Å². The Hall–Kier alpha value is -2.81. The molecule has 0 spiro atoms. The molecule has 0 bridgehead atoms. The number of alkyl halides is 3. The van der Waals surface area contributed by atoms with E-state index >= 15 is 0 Å². The average molecular weight is 383 g/mol. The zero-order valence-corrected chi connectivity index (χ0v) is 14.6. The molecule has 3 rings (SSSR count). The molecule has 1 fully saturated rings. The number of nitrogens with zero attached hydrogens (tertiary/aromatic N) is 1. The maximum Gasteiger partial charge on any atom is 0.490 e. The molecule has 1 aliphatic heterocycles. The fraction of sp³-hybridized carbons (Fsp3) is 0.333. The lowest BCUT2D eigenvalue weighted by molar-refractivity contribution is -0.192. The number of amides is 1. The van der Waals surface area contributed by atoms with Gasteiger partial charge in [-0.25, -0.2) is 4.79 Å². The van der Waals surface area contributed by atoms with E-state index in [0.717, 1.165) is 30.9 Å². The second-order valence-electron chi connectivity index (χ2n) is 6.35. The third kappa shape index (κ3) is 5.33. The lowest BCUT2D eigenvalue weighted by atomic mass is 9.88. The van der Waals surface area contributed by atoms with Crippen LogP contribution in [-0.4, -0.2) is 40.8 Å². The van der Waals surface area contributed by atoms with Gasteiger partial charge in [-0.1, -0.05) is 12.1 Å². The Morgan fingerprint density at radius 1 is 1.19 bits per heavy atom. The molecule has 1 aromatic heterocycles. The van der Waals surface area contributed by atoms with Gasteiger partial charge >= 0.3 is 12.1 Å². The summed E-state index contributed by atoms with van der Waals surface area (Å²) in [6, 6.07) is 11.8. The Kier molecular flexibility index (Phi) is 6.27. The van der Waals surface area contributed by atoms with Crippen LogP contribution in [0, 0.1) is 5.41 Å². The first-order chi connectivity index (χ1) is 12.6. The number of hydrogen-bond acceptors (Lipinski definition) is 3. The van der Waals surface area contributed by atoms with Crippen LogP contribution in [-0.2, 0) is 9.59 Å². The fourth-order valence-electron chi connectivity index (χ4n) is 2.58. The predicted octanol–water partition coefficient (Wildman–Crippen LogP) is 3.05. The molecule has 1 atom stereocenters. The van der Waals surface area contributed by atoms with Crippen LogP contribution in [0.3, 0.4) is 0 Å². The molecular weight excluding hydrogens is 363 g/mol. The number of aromatic nitrogens is 1. The number of benzene rings is 1. The number of halogens is 3. The van der Waals surface area contributed by atoms with Crippen LogP contribution < -0.4 is 10.6 Å². The first kappa shape index (κ1) is 20.5. The van der Waals surface area contributed by atoms with Crippen molar-refractivity contribution in [3.8, 4) is 5.69 Å². The monoisotopic (exact) mass is 383 g/mol. The molecule has 0 radical (unpaired) electrons. The van der Waals surface area contributed by atoms with Gasteiger partial charge in [-0.05, 0) is 44.2 Å². The highest BCUT2D eigenvalue weighted by Crippen LogP contribution is 2.28. The summed E-state index contributed by atoms with van der Waals surface area (Å²) in [6.07, 6.45) is -0.252. The molecule has 146 valence electrons. The van der Waals surface area contributed by atoms with E-state index in [0.29, 0.717) is 0 Å². The van der Waals surface area contributed by atoms with Crippen molar-refractivity contribution in [1.82, 2.24) is 9.88 Å². The minimum atomic E-state index is -5.08. The summed E-state index contributed by atoms with van der Waals surface area (Å²) in [6.45, 7) is 3.66. The number of rotatable bonds is 3. The molecule has 6 nitrogen and oxygen atoms in total. The van der Waals surface area contributed by atoms with Gasteiger partial charge < -0.3 is 20.3 Å². The van der Waals surface area contributed by atoms with Crippen molar-refractivity contribution in [2.24, 2.45) is 5.41 Å². The molecule has 1 aliphatic rings. The van der Waals surface area contributed by atoms with Gasteiger partial charge in [0.1, 0.15) is 0 Å². The highest BCUT2D eigenvalue weighted by Gasteiger charge is 2.38. The minimum absolute atomic E-state index is 0.0853. The Bertz CT molecular complexity index is 783. The summed E-state index contributed by atoms with van der Waals surface area (Å²) in [7, 11) is 0. The molecule has 2 aromatic rings. The molecule has 1 aromatic carbocycles. The number of carboxylic acids is 1. The van der Waals surface area contributed by atoms with E-state index in [1.54, 1.807) is 0 Å². The Labute approximate surface area is 154 Å². The highest BCUT2D eigenvalue weighted by atomic mass is 19.4. The van der Waals surface area contributed by atoms with Crippen molar-refractivity contribution in [3.05, 3.63) is 48.8 Å². The summed E-state index contributed by atoms with van der Waals surface area (Å²) < 4.78 is 33.7. The smallest absolute Gasteiger partial charge is 0.475 e. The summed E-state index contributed by atoms with van der Waals surface area (Å²) in [5.41, 5.74) is 1.52. The van der Waals surface area contributed by atoms with Gasteiger partial charge in [-0.3, -0.25) is 4.79 Å². The van der Waals surface area contributed by atoms with E-state index in [9.17, 15) is 18.0 Å². The van der Waals surface area contributed by atoms with Gasteiger partial charge in [0.25, 0.3) is 0 Å². The summed E-state index contributed by atoms with van der Waals surface area (Å²) in [5.74, 6) is -2.67. The fourth-order valence-corrected chi connectivity index (χ4v) is 2.58. The second kappa shape index (κ2) is 8.26. The molecule has 0 aliphatic carbocycles. The van der Waals surface area contributed by atoms with Crippen molar-refractivity contribution >= 4 is 17.6 Å². The second-order valence-corrected chi connectivity index (χ2v) is 6.35. The number of para-hydroxylation sites is 2. The Morgan fingerprint density at radius 3 is 2.30 bits per heavy atom. The van der Waals surface area contributed by atoms with Gasteiger partial charge in [-0.15, -0.1) is 0 Å². The highest BCUT2D eigenvalue weighted by molar-refractivity contribution is 5.97. The Balaban J connectivity index is 0.000000321. The zero-order chi connectivity index (χ0) is 20.1.